The molecule has 4 rings (SSSR count). The summed E-state index contributed by atoms with van der Waals surface area (Å²) in [6.07, 6.45) is 6.08. The maximum absolute atomic E-state index is 12.7. The number of benzene rings is 2. The number of fused-ring (bicyclic) bond motifs is 1. The number of nitrogens with one attached hydrogen (secondary N) is 2. The van der Waals surface area contributed by atoms with Crippen molar-refractivity contribution >= 4 is 28.6 Å². The Morgan fingerprint density at radius 2 is 1.80 bits per heavy atom. The van der Waals surface area contributed by atoms with Gasteiger partial charge in [-0.2, -0.15) is 0 Å². The van der Waals surface area contributed by atoms with Gasteiger partial charge in [0.15, 0.2) is 0 Å². The van der Waals surface area contributed by atoms with Crippen LogP contribution in [-0.4, -0.2) is 11.9 Å². The van der Waals surface area contributed by atoms with E-state index in [0.29, 0.717) is 17.3 Å². The second-order valence-corrected chi connectivity index (χ2v) is 6.85. The first kappa shape index (κ1) is 15.8. The Hall–Kier alpha value is -2.75. The van der Waals surface area contributed by atoms with E-state index in [9.17, 15) is 4.79 Å². The maximum atomic E-state index is 12.7. The molecule has 4 nitrogen and oxygen atoms in total. The number of carbonyl (C=O) groups excluding carboxylic acids is 1. The van der Waals surface area contributed by atoms with Gasteiger partial charge in [-0.05, 0) is 36.6 Å². The molecular weight excluding hydrogens is 310 g/mol. The van der Waals surface area contributed by atoms with Crippen LogP contribution in [0.5, 0.6) is 0 Å². The fourth-order valence-electron chi connectivity index (χ4n) is 3.79. The van der Waals surface area contributed by atoms with Crippen molar-refractivity contribution in [2.24, 2.45) is 0 Å². The molecule has 2 aliphatic rings. The highest BCUT2D eigenvalue weighted by atomic mass is 16.2. The molecular formula is C21H23N3O. The van der Waals surface area contributed by atoms with Gasteiger partial charge in [0.25, 0.3) is 5.91 Å². The molecule has 0 atom stereocenters. The van der Waals surface area contributed by atoms with Crippen LogP contribution in [0.15, 0.2) is 48.5 Å². The van der Waals surface area contributed by atoms with Gasteiger partial charge < -0.3 is 16.4 Å². The van der Waals surface area contributed by atoms with Crippen molar-refractivity contribution in [2.45, 2.75) is 38.1 Å². The Bertz CT molecular complexity index is 820. The van der Waals surface area contributed by atoms with Crippen molar-refractivity contribution in [1.82, 2.24) is 5.32 Å². The van der Waals surface area contributed by atoms with Gasteiger partial charge >= 0.3 is 0 Å². The molecule has 4 heteroatoms. The Labute approximate surface area is 148 Å². The van der Waals surface area contributed by atoms with Crippen LogP contribution in [0.4, 0.5) is 11.4 Å². The summed E-state index contributed by atoms with van der Waals surface area (Å²) in [4.78, 5) is 12.7. The van der Waals surface area contributed by atoms with Crippen molar-refractivity contribution < 1.29 is 4.79 Å². The monoisotopic (exact) mass is 333 g/mol. The SMILES string of the molecule is Nc1ccc2c(c1)/C(=C(/NC1CCCCC1)c1ccccc1)C(=O)N2. The normalized spacial score (nSPS) is 19.3. The Kier molecular flexibility index (Phi) is 4.18. The van der Waals surface area contributed by atoms with Gasteiger partial charge in [0.2, 0.25) is 0 Å². The zero-order chi connectivity index (χ0) is 17.2. The van der Waals surface area contributed by atoms with Crippen LogP contribution in [0.3, 0.4) is 0 Å². The van der Waals surface area contributed by atoms with Crippen molar-refractivity contribution in [1.29, 1.82) is 0 Å². The van der Waals surface area contributed by atoms with Gasteiger partial charge in [-0.1, -0.05) is 49.6 Å². The summed E-state index contributed by atoms with van der Waals surface area (Å²) in [5.41, 5.74) is 11.0. The number of nitrogen functional groups attached to an aromatic ring is 1. The van der Waals surface area contributed by atoms with Crippen LogP contribution in [0.25, 0.3) is 11.3 Å². The minimum atomic E-state index is -0.0669. The number of rotatable bonds is 3. The predicted molar refractivity (Wildman–Crippen MR) is 103 cm³/mol. The van der Waals surface area contributed by atoms with Gasteiger partial charge in [0.05, 0.1) is 11.3 Å². The summed E-state index contributed by atoms with van der Waals surface area (Å²) in [7, 11) is 0. The molecule has 1 saturated carbocycles. The molecule has 0 unspecified atom stereocenters. The van der Waals surface area contributed by atoms with Crippen LogP contribution in [0.2, 0.25) is 0 Å². The number of anilines is 2. The zero-order valence-corrected chi connectivity index (χ0v) is 14.2. The molecule has 0 radical (unpaired) electrons. The standard InChI is InChI=1S/C21H23N3O/c22-15-11-12-18-17(13-15)19(21(25)24-18)20(14-7-3-1-4-8-14)23-16-9-5-2-6-10-16/h1,3-4,7-8,11-13,16,23H,2,5-6,9-10,22H2,(H,24,25)/b20-19-. The summed E-state index contributed by atoms with van der Waals surface area (Å²) in [5, 5.41) is 6.65. The second kappa shape index (κ2) is 6.63. The molecule has 1 aliphatic carbocycles. The maximum Gasteiger partial charge on any atom is 0.258 e. The van der Waals surface area contributed by atoms with Gasteiger partial charge in [-0.25, -0.2) is 0 Å². The van der Waals surface area contributed by atoms with E-state index in [1.165, 1.54) is 19.3 Å². The number of carbonyl (C=O) groups is 1. The predicted octanol–water partition coefficient (Wildman–Crippen LogP) is 4.01. The van der Waals surface area contributed by atoms with Gasteiger partial charge in [0, 0.05) is 23.0 Å². The van der Waals surface area contributed by atoms with Crippen molar-refractivity contribution in [2.75, 3.05) is 11.1 Å². The highest BCUT2D eigenvalue weighted by Crippen LogP contribution is 2.37. The molecule has 1 heterocycles. The minimum Gasteiger partial charge on any atom is -0.399 e. The third-order valence-corrected chi connectivity index (χ3v) is 5.05. The third kappa shape index (κ3) is 3.12. The number of amides is 1. The minimum absolute atomic E-state index is 0.0669. The Morgan fingerprint density at radius 3 is 2.56 bits per heavy atom. The molecule has 2 aromatic rings. The summed E-state index contributed by atoms with van der Waals surface area (Å²) in [5.74, 6) is -0.0669. The summed E-state index contributed by atoms with van der Waals surface area (Å²) >= 11 is 0. The molecule has 128 valence electrons. The molecule has 0 aromatic heterocycles. The van der Waals surface area contributed by atoms with E-state index in [1.807, 2.05) is 36.4 Å². The van der Waals surface area contributed by atoms with Gasteiger partial charge in [0.1, 0.15) is 0 Å². The van der Waals surface area contributed by atoms with Gasteiger partial charge in [-0.15, -0.1) is 0 Å². The largest absolute Gasteiger partial charge is 0.399 e. The second-order valence-electron chi connectivity index (χ2n) is 6.85. The van der Waals surface area contributed by atoms with E-state index in [0.717, 1.165) is 35.4 Å². The lowest BCUT2D eigenvalue weighted by Gasteiger charge is -2.26. The van der Waals surface area contributed by atoms with Crippen LogP contribution >= 0.6 is 0 Å². The molecule has 1 aliphatic heterocycles. The molecule has 0 saturated heterocycles. The van der Waals surface area contributed by atoms with Crippen molar-refractivity contribution in [3.05, 3.63) is 59.7 Å². The molecule has 0 spiro atoms. The average Bonchev–Trinajstić information content (AvgIpc) is 2.96. The fourth-order valence-corrected chi connectivity index (χ4v) is 3.79. The summed E-state index contributed by atoms with van der Waals surface area (Å²) in [6.45, 7) is 0. The van der Waals surface area contributed by atoms with E-state index >= 15 is 0 Å². The third-order valence-electron chi connectivity index (χ3n) is 5.05. The van der Waals surface area contributed by atoms with E-state index in [-0.39, 0.29) is 5.91 Å². The average molecular weight is 333 g/mol. The highest BCUT2D eigenvalue weighted by Gasteiger charge is 2.29. The first-order chi connectivity index (χ1) is 12.2. The van der Waals surface area contributed by atoms with E-state index in [1.54, 1.807) is 0 Å². The molecule has 1 fully saturated rings. The molecule has 4 N–H and O–H groups in total. The highest BCUT2D eigenvalue weighted by molar-refractivity contribution is 6.36. The van der Waals surface area contributed by atoms with Crippen LogP contribution in [-0.2, 0) is 4.79 Å². The first-order valence-electron chi connectivity index (χ1n) is 9.00. The number of hydrogen-bond donors (Lipinski definition) is 3. The quantitative estimate of drug-likeness (QED) is 0.587. The summed E-state index contributed by atoms with van der Waals surface area (Å²) < 4.78 is 0. The van der Waals surface area contributed by atoms with Crippen LogP contribution in [0, 0.1) is 0 Å². The zero-order valence-electron chi connectivity index (χ0n) is 14.2. The first-order valence-corrected chi connectivity index (χ1v) is 9.00. The van der Waals surface area contributed by atoms with Crippen LogP contribution in [0.1, 0.15) is 43.2 Å². The smallest absolute Gasteiger partial charge is 0.258 e. The topological polar surface area (TPSA) is 67.1 Å². The van der Waals surface area contributed by atoms with Crippen LogP contribution < -0.4 is 16.4 Å². The summed E-state index contributed by atoms with van der Waals surface area (Å²) in [6, 6.07) is 16.1. The van der Waals surface area contributed by atoms with Gasteiger partial charge in [-0.3, -0.25) is 4.79 Å². The molecule has 25 heavy (non-hydrogen) atoms. The van der Waals surface area contributed by atoms with Crippen molar-refractivity contribution in [3.8, 4) is 0 Å². The molecule has 1 amide bonds. The van der Waals surface area contributed by atoms with E-state index < -0.39 is 0 Å². The lowest BCUT2D eigenvalue weighted by molar-refractivity contribution is -0.110. The van der Waals surface area contributed by atoms with E-state index in [4.69, 9.17) is 5.73 Å². The lowest BCUT2D eigenvalue weighted by atomic mass is 9.93. The number of nitrogens with two attached hydrogens (primary N) is 1. The van der Waals surface area contributed by atoms with Crippen molar-refractivity contribution in [3.63, 3.8) is 0 Å². The fraction of sp³-hybridized carbons (Fsp3) is 0.286. The molecule has 2 aromatic carbocycles. The van der Waals surface area contributed by atoms with E-state index in [2.05, 4.69) is 22.8 Å². The Morgan fingerprint density at radius 1 is 1.04 bits per heavy atom. The Balaban J connectivity index is 1.83. The molecule has 0 bridgehead atoms. The lowest BCUT2D eigenvalue weighted by Crippen LogP contribution is -2.31. The number of hydrogen-bond acceptors (Lipinski definition) is 3.